The molecule has 0 spiro atoms. The Morgan fingerprint density at radius 3 is 2.30 bits per heavy atom. The van der Waals surface area contributed by atoms with Gasteiger partial charge in [-0.1, -0.05) is 13.8 Å². The monoisotopic (exact) mass is 436 g/mol. The molecule has 2 rings (SSSR count). The Morgan fingerprint density at radius 1 is 1.10 bits per heavy atom. The average molecular weight is 436 g/mol. The van der Waals surface area contributed by atoms with Gasteiger partial charge in [-0.15, -0.1) is 0 Å². The van der Waals surface area contributed by atoms with Crippen LogP contribution in [-0.4, -0.2) is 42.5 Å². The summed E-state index contributed by atoms with van der Waals surface area (Å²) in [6, 6.07) is 3.90. The van der Waals surface area contributed by atoms with Gasteiger partial charge in [-0.25, -0.2) is 4.98 Å². The van der Waals surface area contributed by atoms with Gasteiger partial charge in [0.1, 0.15) is 11.6 Å². The molecule has 6 N–H and O–H groups in total. The van der Waals surface area contributed by atoms with Crippen molar-refractivity contribution in [3.63, 3.8) is 0 Å². The van der Waals surface area contributed by atoms with Crippen LogP contribution in [0.3, 0.4) is 0 Å². The minimum Gasteiger partial charge on any atom is -0.383 e. The Balaban J connectivity index is 2.43. The number of aromatic nitrogens is 2. The van der Waals surface area contributed by atoms with Gasteiger partial charge in [-0.05, 0) is 25.0 Å². The van der Waals surface area contributed by atoms with Crippen LogP contribution < -0.4 is 26.3 Å². The second-order valence-electron chi connectivity index (χ2n) is 7.02. The molecule has 30 heavy (non-hydrogen) atoms. The predicted molar refractivity (Wildman–Crippen MR) is 112 cm³/mol. The lowest BCUT2D eigenvalue weighted by atomic mass is 10.1. The van der Waals surface area contributed by atoms with E-state index in [4.69, 9.17) is 15.7 Å². The Labute approximate surface area is 174 Å². The van der Waals surface area contributed by atoms with E-state index in [1.165, 1.54) is 24.4 Å². The van der Waals surface area contributed by atoms with Crippen molar-refractivity contribution in [3.8, 4) is 5.75 Å². The number of hydrogen-bond acceptors (Lipinski definition) is 9. The molecule has 0 aliphatic heterocycles. The lowest BCUT2D eigenvalue weighted by molar-refractivity contribution is 0.0991. The highest BCUT2D eigenvalue weighted by Gasteiger charge is 2.17. The summed E-state index contributed by atoms with van der Waals surface area (Å²) in [7, 11) is -3.83. The lowest BCUT2D eigenvalue weighted by Gasteiger charge is -2.20. The van der Waals surface area contributed by atoms with E-state index in [2.05, 4.69) is 20.6 Å². The molecule has 0 saturated heterocycles. The summed E-state index contributed by atoms with van der Waals surface area (Å²) in [4.78, 5) is 31.6. The number of carbonyl (C=O) groups is 2. The number of nitrogens with one attached hydrogen (secondary N) is 2. The Hall–Kier alpha value is -3.41. The van der Waals surface area contributed by atoms with Crippen molar-refractivity contribution in [1.29, 1.82) is 0 Å². The molecule has 2 amide bonds. The van der Waals surface area contributed by atoms with E-state index in [9.17, 15) is 18.0 Å². The summed E-state index contributed by atoms with van der Waals surface area (Å²) < 4.78 is 27.7. The first-order valence-electron chi connectivity index (χ1n) is 8.90. The highest BCUT2D eigenvalue weighted by molar-refractivity contribution is 7.86. The quantitative estimate of drug-likeness (QED) is 0.420. The zero-order valence-corrected chi connectivity index (χ0v) is 17.8. The molecular formula is C18H24N6O5S. The summed E-state index contributed by atoms with van der Waals surface area (Å²) in [5.41, 5.74) is 11.1. The van der Waals surface area contributed by atoms with E-state index in [1.54, 1.807) is 0 Å². The maximum absolute atomic E-state index is 11.7. The standard InChI is InChI=1S/C18H24N6O5S/c1-9(2)10(3)22-17-14(16(20)26)8-21-18(24-17)23-12-5-11(15(19)25)6-13(7-12)29-30(4,27)28/h5-10H,1-4H3,(H2,19,25)(H2,20,26)(H2,21,22,23,24)/t10-/m1/s1. The topological polar surface area (TPSA) is 179 Å². The largest absolute Gasteiger partial charge is 0.383 e. The minimum atomic E-state index is -3.83. The number of carbonyl (C=O) groups excluding carboxylic acids is 2. The van der Waals surface area contributed by atoms with Crippen LogP contribution in [0.15, 0.2) is 24.4 Å². The minimum absolute atomic E-state index is 0.0131. The number of rotatable bonds is 9. The number of primary amides is 2. The number of hydrogen-bond donors (Lipinski definition) is 4. The first-order chi connectivity index (χ1) is 13.9. The molecule has 1 atom stereocenters. The van der Waals surface area contributed by atoms with Gasteiger partial charge in [0.25, 0.3) is 5.91 Å². The third kappa shape index (κ3) is 6.30. The number of amides is 2. The van der Waals surface area contributed by atoms with E-state index in [-0.39, 0.29) is 46.3 Å². The summed E-state index contributed by atoms with van der Waals surface area (Å²) in [5.74, 6) is -1.03. The number of benzene rings is 1. The molecule has 2 aromatic rings. The van der Waals surface area contributed by atoms with Gasteiger partial charge in [0.2, 0.25) is 11.9 Å². The fraction of sp³-hybridized carbons (Fsp3) is 0.333. The van der Waals surface area contributed by atoms with Gasteiger partial charge >= 0.3 is 10.1 Å². The van der Waals surface area contributed by atoms with Crippen molar-refractivity contribution >= 4 is 39.4 Å². The van der Waals surface area contributed by atoms with Crippen LogP contribution in [-0.2, 0) is 10.1 Å². The third-order valence-corrected chi connectivity index (χ3v) is 4.61. The van der Waals surface area contributed by atoms with Crippen molar-refractivity contribution < 1.29 is 22.2 Å². The average Bonchev–Trinajstić information content (AvgIpc) is 2.59. The van der Waals surface area contributed by atoms with E-state index < -0.39 is 21.9 Å². The van der Waals surface area contributed by atoms with Gasteiger partial charge in [-0.3, -0.25) is 9.59 Å². The molecule has 0 aliphatic rings. The summed E-state index contributed by atoms with van der Waals surface area (Å²) >= 11 is 0. The highest BCUT2D eigenvalue weighted by Crippen LogP contribution is 2.25. The molecule has 0 aliphatic carbocycles. The van der Waals surface area contributed by atoms with Crippen molar-refractivity contribution in [2.24, 2.45) is 17.4 Å². The maximum Gasteiger partial charge on any atom is 0.306 e. The van der Waals surface area contributed by atoms with E-state index >= 15 is 0 Å². The van der Waals surface area contributed by atoms with Crippen molar-refractivity contribution in [2.75, 3.05) is 16.9 Å². The SMILES string of the molecule is CC(C)[C@@H](C)Nc1nc(Nc2cc(OS(C)(=O)=O)cc(C(N)=O)c2)ncc1C(N)=O. The molecule has 0 fully saturated rings. The number of nitrogens with zero attached hydrogens (tertiary/aromatic N) is 2. The van der Waals surface area contributed by atoms with E-state index in [0.29, 0.717) is 0 Å². The molecule has 11 nitrogen and oxygen atoms in total. The van der Waals surface area contributed by atoms with Crippen LogP contribution in [0.4, 0.5) is 17.5 Å². The van der Waals surface area contributed by atoms with Gasteiger partial charge < -0.3 is 26.3 Å². The molecule has 0 saturated carbocycles. The lowest BCUT2D eigenvalue weighted by Crippen LogP contribution is -2.25. The number of nitrogens with two attached hydrogens (primary N) is 2. The molecule has 0 bridgehead atoms. The van der Waals surface area contributed by atoms with Crippen molar-refractivity contribution in [1.82, 2.24) is 9.97 Å². The van der Waals surface area contributed by atoms with Gasteiger partial charge in [0.15, 0.2) is 0 Å². The van der Waals surface area contributed by atoms with Crippen LogP contribution in [0.1, 0.15) is 41.5 Å². The molecule has 1 heterocycles. The van der Waals surface area contributed by atoms with Crippen LogP contribution in [0.5, 0.6) is 5.75 Å². The zero-order chi connectivity index (χ0) is 22.6. The Bertz CT molecular complexity index is 1070. The normalized spacial score (nSPS) is 12.3. The fourth-order valence-corrected chi connectivity index (χ4v) is 2.73. The second kappa shape index (κ2) is 8.95. The van der Waals surface area contributed by atoms with Gasteiger partial charge in [0.05, 0.1) is 11.8 Å². The molecule has 162 valence electrons. The van der Waals surface area contributed by atoms with Crippen LogP contribution in [0, 0.1) is 5.92 Å². The molecule has 0 radical (unpaired) electrons. The second-order valence-corrected chi connectivity index (χ2v) is 8.59. The molecular weight excluding hydrogens is 412 g/mol. The first kappa shape index (κ1) is 22.9. The summed E-state index contributed by atoms with van der Waals surface area (Å²) in [6.07, 6.45) is 2.13. The van der Waals surface area contributed by atoms with Crippen LogP contribution >= 0.6 is 0 Å². The van der Waals surface area contributed by atoms with Crippen LogP contribution in [0.2, 0.25) is 0 Å². The Kier molecular flexibility index (Phi) is 6.82. The molecule has 12 heteroatoms. The first-order valence-corrected chi connectivity index (χ1v) is 10.7. The molecule has 0 unspecified atom stereocenters. The third-order valence-electron chi connectivity index (χ3n) is 4.11. The van der Waals surface area contributed by atoms with Crippen molar-refractivity contribution in [3.05, 3.63) is 35.5 Å². The maximum atomic E-state index is 11.7. The summed E-state index contributed by atoms with van der Waals surface area (Å²) in [5, 5.41) is 5.96. The van der Waals surface area contributed by atoms with Crippen molar-refractivity contribution in [2.45, 2.75) is 26.8 Å². The van der Waals surface area contributed by atoms with Gasteiger partial charge in [-0.2, -0.15) is 13.4 Å². The van der Waals surface area contributed by atoms with E-state index in [1.807, 2.05) is 20.8 Å². The molecule has 1 aromatic carbocycles. The smallest absolute Gasteiger partial charge is 0.306 e. The zero-order valence-electron chi connectivity index (χ0n) is 17.0. The Morgan fingerprint density at radius 2 is 1.77 bits per heavy atom. The van der Waals surface area contributed by atoms with E-state index in [0.717, 1.165) is 6.26 Å². The van der Waals surface area contributed by atoms with Crippen LogP contribution in [0.25, 0.3) is 0 Å². The summed E-state index contributed by atoms with van der Waals surface area (Å²) in [6.45, 7) is 5.93. The highest BCUT2D eigenvalue weighted by atomic mass is 32.2. The molecule has 1 aromatic heterocycles. The number of anilines is 3. The predicted octanol–water partition coefficient (Wildman–Crippen LogP) is 1.21. The fourth-order valence-electron chi connectivity index (χ4n) is 2.28. The van der Waals surface area contributed by atoms with Gasteiger partial charge in [0, 0.05) is 29.6 Å².